The molecule has 0 saturated carbocycles. The average molecular weight is 287 g/mol. The maximum atomic E-state index is 6.28. The van der Waals surface area contributed by atoms with Crippen LogP contribution in [0.3, 0.4) is 0 Å². The van der Waals surface area contributed by atoms with Crippen molar-refractivity contribution in [3.05, 3.63) is 23.8 Å². The SMILES string of the molecule is CN(C)CCc1ccc2c(c1)N=C(N)C1(CCNCC1)N2. The van der Waals surface area contributed by atoms with Gasteiger partial charge in [-0.25, -0.2) is 4.99 Å². The van der Waals surface area contributed by atoms with Crippen molar-refractivity contribution in [3.8, 4) is 0 Å². The highest BCUT2D eigenvalue weighted by Crippen LogP contribution is 2.37. The molecule has 5 heteroatoms. The van der Waals surface area contributed by atoms with Crippen LogP contribution in [0.5, 0.6) is 0 Å². The summed E-state index contributed by atoms with van der Waals surface area (Å²) in [6, 6.07) is 6.51. The third-order valence-corrected chi connectivity index (χ3v) is 4.47. The minimum atomic E-state index is -0.149. The second-order valence-corrected chi connectivity index (χ2v) is 6.36. The van der Waals surface area contributed by atoms with Crippen molar-refractivity contribution in [2.24, 2.45) is 10.7 Å². The summed E-state index contributed by atoms with van der Waals surface area (Å²) in [6.07, 6.45) is 3.01. The summed E-state index contributed by atoms with van der Waals surface area (Å²) in [7, 11) is 4.19. The summed E-state index contributed by atoms with van der Waals surface area (Å²) >= 11 is 0. The molecule has 0 aromatic heterocycles. The van der Waals surface area contributed by atoms with E-state index in [4.69, 9.17) is 10.7 Å². The Bertz CT molecular complexity index is 544. The number of nitrogens with two attached hydrogens (primary N) is 1. The van der Waals surface area contributed by atoms with E-state index in [1.807, 2.05) is 0 Å². The van der Waals surface area contributed by atoms with E-state index in [-0.39, 0.29) is 5.54 Å². The predicted molar refractivity (Wildman–Crippen MR) is 88.4 cm³/mol. The van der Waals surface area contributed by atoms with Crippen LogP contribution in [0.15, 0.2) is 23.2 Å². The number of piperidine rings is 1. The molecular weight excluding hydrogens is 262 g/mol. The number of nitrogens with one attached hydrogen (secondary N) is 2. The van der Waals surface area contributed by atoms with Gasteiger partial charge < -0.3 is 21.3 Å². The quantitative estimate of drug-likeness (QED) is 0.784. The van der Waals surface area contributed by atoms with Gasteiger partial charge in [-0.1, -0.05) is 6.07 Å². The highest BCUT2D eigenvalue weighted by atomic mass is 15.1. The summed E-state index contributed by atoms with van der Waals surface area (Å²) in [5, 5.41) is 7.03. The minimum Gasteiger partial charge on any atom is -0.385 e. The molecule has 4 N–H and O–H groups in total. The van der Waals surface area contributed by atoms with Gasteiger partial charge in [0.2, 0.25) is 0 Å². The van der Waals surface area contributed by atoms with Crippen molar-refractivity contribution in [2.45, 2.75) is 24.8 Å². The van der Waals surface area contributed by atoms with Gasteiger partial charge in [0.05, 0.1) is 16.9 Å². The molecule has 0 amide bonds. The fraction of sp³-hybridized carbons (Fsp3) is 0.562. The molecule has 2 aliphatic heterocycles. The second-order valence-electron chi connectivity index (χ2n) is 6.36. The van der Waals surface area contributed by atoms with Crippen molar-refractivity contribution in [1.29, 1.82) is 0 Å². The van der Waals surface area contributed by atoms with E-state index < -0.39 is 0 Å². The number of nitrogens with zero attached hydrogens (tertiary/aromatic N) is 2. The molecule has 1 saturated heterocycles. The van der Waals surface area contributed by atoms with Crippen LogP contribution in [0, 0.1) is 0 Å². The molecule has 1 fully saturated rings. The van der Waals surface area contributed by atoms with E-state index in [0.717, 1.165) is 56.1 Å². The number of rotatable bonds is 3. The number of fused-ring (bicyclic) bond motifs is 1. The highest BCUT2D eigenvalue weighted by molar-refractivity contribution is 5.99. The zero-order chi connectivity index (χ0) is 14.9. The van der Waals surface area contributed by atoms with Crippen molar-refractivity contribution in [2.75, 3.05) is 39.0 Å². The molecule has 0 bridgehead atoms. The molecule has 21 heavy (non-hydrogen) atoms. The first-order valence-corrected chi connectivity index (χ1v) is 7.70. The van der Waals surface area contributed by atoms with E-state index in [1.165, 1.54) is 5.56 Å². The fourth-order valence-corrected chi connectivity index (χ4v) is 3.08. The molecular formula is C16H25N5. The Labute approximate surface area is 126 Å². The Hall–Kier alpha value is -1.59. The summed E-state index contributed by atoms with van der Waals surface area (Å²) in [5.74, 6) is 0.737. The summed E-state index contributed by atoms with van der Waals surface area (Å²) in [4.78, 5) is 6.89. The monoisotopic (exact) mass is 287 g/mol. The number of anilines is 1. The van der Waals surface area contributed by atoms with Crippen molar-refractivity contribution < 1.29 is 0 Å². The molecule has 0 aliphatic carbocycles. The lowest BCUT2D eigenvalue weighted by Gasteiger charge is -2.41. The molecule has 1 spiro atoms. The maximum absolute atomic E-state index is 6.28. The van der Waals surface area contributed by atoms with E-state index >= 15 is 0 Å². The highest BCUT2D eigenvalue weighted by Gasteiger charge is 2.38. The molecule has 0 atom stereocenters. The van der Waals surface area contributed by atoms with Crippen LogP contribution >= 0.6 is 0 Å². The van der Waals surface area contributed by atoms with E-state index in [9.17, 15) is 0 Å². The van der Waals surface area contributed by atoms with Crippen LogP contribution in [0.2, 0.25) is 0 Å². The molecule has 1 aromatic rings. The average Bonchev–Trinajstić information content (AvgIpc) is 2.47. The number of hydrogen-bond acceptors (Lipinski definition) is 5. The third-order valence-electron chi connectivity index (χ3n) is 4.47. The van der Waals surface area contributed by atoms with Crippen LogP contribution in [0.4, 0.5) is 11.4 Å². The smallest absolute Gasteiger partial charge is 0.126 e. The van der Waals surface area contributed by atoms with Gasteiger partial charge in [0.25, 0.3) is 0 Å². The Kier molecular flexibility index (Phi) is 3.87. The first-order valence-electron chi connectivity index (χ1n) is 7.70. The van der Waals surface area contributed by atoms with Crippen molar-refractivity contribution in [1.82, 2.24) is 10.2 Å². The van der Waals surface area contributed by atoms with Crippen LogP contribution in [0.1, 0.15) is 18.4 Å². The normalized spacial score (nSPS) is 20.0. The van der Waals surface area contributed by atoms with E-state index in [0.29, 0.717) is 0 Å². The fourth-order valence-electron chi connectivity index (χ4n) is 3.08. The summed E-state index contributed by atoms with van der Waals surface area (Å²) in [5.41, 5.74) is 9.53. The molecule has 3 rings (SSSR count). The van der Waals surface area contributed by atoms with E-state index in [1.54, 1.807) is 0 Å². The molecule has 0 unspecified atom stereocenters. The Morgan fingerprint density at radius 1 is 1.29 bits per heavy atom. The van der Waals surface area contributed by atoms with Crippen LogP contribution in [-0.2, 0) is 6.42 Å². The third kappa shape index (κ3) is 2.89. The molecule has 1 aromatic carbocycles. The first kappa shape index (κ1) is 14.4. The molecule has 5 nitrogen and oxygen atoms in total. The number of aliphatic imine (C=N–C) groups is 1. The zero-order valence-corrected chi connectivity index (χ0v) is 12.9. The van der Waals surface area contributed by atoms with Crippen LogP contribution in [0.25, 0.3) is 0 Å². The zero-order valence-electron chi connectivity index (χ0n) is 12.9. The van der Waals surface area contributed by atoms with Gasteiger partial charge in [0, 0.05) is 6.54 Å². The second kappa shape index (κ2) is 5.66. The van der Waals surface area contributed by atoms with Crippen LogP contribution in [-0.4, -0.2) is 50.0 Å². The van der Waals surface area contributed by atoms with Crippen molar-refractivity contribution in [3.63, 3.8) is 0 Å². The van der Waals surface area contributed by atoms with Gasteiger partial charge in [0.1, 0.15) is 5.84 Å². The van der Waals surface area contributed by atoms with Gasteiger partial charge in [-0.3, -0.25) is 0 Å². The summed E-state index contributed by atoms with van der Waals surface area (Å²) < 4.78 is 0. The number of amidine groups is 1. The molecule has 2 heterocycles. The minimum absolute atomic E-state index is 0.149. The largest absolute Gasteiger partial charge is 0.385 e. The lowest BCUT2D eigenvalue weighted by molar-refractivity contribution is 0.413. The number of benzene rings is 1. The predicted octanol–water partition coefficient (Wildman–Crippen LogP) is 1.33. The lowest BCUT2D eigenvalue weighted by Crippen LogP contribution is -2.57. The maximum Gasteiger partial charge on any atom is 0.126 e. The number of hydrogen-bond donors (Lipinski definition) is 3. The molecule has 2 aliphatic rings. The molecule has 114 valence electrons. The van der Waals surface area contributed by atoms with Gasteiger partial charge in [-0.05, 0) is 64.1 Å². The Morgan fingerprint density at radius 3 is 2.76 bits per heavy atom. The van der Waals surface area contributed by atoms with Crippen LogP contribution < -0.4 is 16.4 Å². The van der Waals surface area contributed by atoms with Gasteiger partial charge >= 0.3 is 0 Å². The summed E-state index contributed by atoms with van der Waals surface area (Å²) in [6.45, 7) is 3.01. The molecule has 0 radical (unpaired) electrons. The van der Waals surface area contributed by atoms with Gasteiger partial charge in [-0.2, -0.15) is 0 Å². The van der Waals surface area contributed by atoms with Gasteiger partial charge in [0.15, 0.2) is 0 Å². The first-order chi connectivity index (χ1) is 10.1. The van der Waals surface area contributed by atoms with E-state index in [2.05, 4.69) is 47.8 Å². The Morgan fingerprint density at radius 2 is 2.05 bits per heavy atom. The standard InChI is InChI=1S/C16H25N5/c1-21(2)10-5-12-3-4-13-14(11-12)19-15(17)16(20-13)6-8-18-9-7-16/h3-4,11,18,20H,5-10H2,1-2H3,(H2,17,19). The van der Waals surface area contributed by atoms with Crippen molar-refractivity contribution >= 4 is 17.2 Å². The van der Waals surface area contributed by atoms with Gasteiger partial charge in [-0.15, -0.1) is 0 Å². The lowest BCUT2D eigenvalue weighted by atomic mass is 9.85. The number of likely N-dealkylation sites (N-methyl/N-ethyl adjacent to an activating group) is 1. The topological polar surface area (TPSA) is 65.7 Å². The Balaban J connectivity index is 1.83.